The number of aryl methyl sites for hydroxylation is 1. The number of carbonyl (C=O) groups excluding carboxylic acids is 1. The van der Waals surface area contributed by atoms with Gasteiger partial charge in [-0.3, -0.25) is 4.79 Å². The number of alkyl halides is 1. The largest absolute Gasteiger partial charge is 0.337 e. The highest BCUT2D eigenvalue weighted by Gasteiger charge is 2.28. The van der Waals surface area contributed by atoms with E-state index in [9.17, 15) is 4.79 Å². The molecule has 1 saturated heterocycles. The number of nitrogens with zero attached hydrogens (tertiary/aromatic N) is 1. The molecule has 0 spiro atoms. The van der Waals surface area contributed by atoms with Gasteiger partial charge in [-0.1, -0.05) is 28.9 Å². The number of piperidine rings is 1. The summed E-state index contributed by atoms with van der Waals surface area (Å²) in [6.07, 6.45) is 1.06. The highest BCUT2D eigenvalue weighted by Crippen LogP contribution is 2.26. The first-order chi connectivity index (χ1) is 8.49. The summed E-state index contributed by atoms with van der Waals surface area (Å²) in [5, 5.41) is 0. The van der Waals surface area contributed by atoms with Crippen molar-refractivity contribution in [2.24, 2.45) is 5.92 Å². The number of carbonyl (C=O) groups is 1. The van der Waals surface area contributed by atoms with E-state index < -0.39 is 0 Å². The molecule has 4 heteroatoms. The lowest BCUT2D eigenvalue weighted by Gasteiger charge is -2.34. The van der Waals surface area contributed by atoms with Crippen molar-refractivity contribution in [1.82, 2.24) is 4.90 Å². The lowest BCUT2D eigenvalue weighted by Crippen LogP contribution is -2.43. The van der Waals surface area contributed by atoms with Gasteiger partial charge in [0, 0.05) is 22.4 Å². The normalized spacial score (nSPS) is 24.1. The molecule has 2 unspecified atom stereocenters. The van der Waals surface area contributed by atoms with Gasteiger partial charge in [0.1, 0.15) is 0 Å². The third-order valence-corrected chi connectivity index (χ3v) is 5.36. The Bertz CT molecular complexity index is 461. The molecule has 0 aromatic heterocycles. The quantitative estimate of drug-likeness (QED) is 0.680. The fraction of sp³-hybridized carbons (Fsp3) is 0.500. The van der Waals surface area contributed by atoms with Crippen molar-refractivity contribution in [3.63, 3.8) is 0 Å². The van der Waals surface area contributed by atoms with Crippen LogP contribution in [0.5, 0.6) is 0 Å². The van der Waals surface area contributed by atoms with E-state index in [4.69, 9.17) is 0 Å². The van der Waals surface area contributed by atoms with Gasteiger partial charge >= 0.3 is 0 Å². The lowest BCUT2D eigenvalue weighted by molar-refractivity contribution is 0.0705. The minimum absolute atomic E-state index is 0.123. The number of likely N-dealkylation sites (tertiary alicyclic amines) is 1. The molecular formula is C14H17Br2NO. The zero-order valence-corrected chi connectivity index (χ0v) is 13.8. The molecule has 1 aliphatic heterocycles. The van der Waals surface area contributed by atoms with E-state index in [0.29, 0.717) is 10.7 Å². The van der Waals surface area contributed by atoms with E-state index in [1.54, 1.807) is 0 Å². The minimum Gasteiger partial charge on any atom is -0.337 e. The van der Waals surface area contributed by atoms with Crippen LogP contribution in [0, 0.1) is 12.8 Å². The SMILES string of the molecule is Cc1ccc(C(=O)N2CCC(C)C(Br)C2)c(Br)c1. The van der Waals surface area contributed by atoms with Crippen molar-refractivity contribution >= 4 is 37.8 Å². The van der Waals surface area contributed by atoms with Gasteiger partial charge in [-0.25, -0.2) is 0 Å². The van der Waals surface area contributed by atoms with Crippen molar-refractivity contribution in [2.45, 2.75) is 25.1 Å². The van der Waals surface area contributed by atoms with Crippen molar-refractivity contribution in [3.05, 3.63) is 33.8 Å². The second-order valence-corrected chi connectivity index (χ2v) is 7.05. The Labute approximate surface area is 125 Å². The van der Waals surface area contributed by atoms with Crippen LogP contribution in [0.4, 0.5) is 0 Å². The minimum atomic E-state index is 0.123. The van der Waals surface area contributed by atoms with Gasteiger partial charge in [0.15, 0.2) is 0 Å². The number of benzene rings is 1. The highest BCUT2D eigenvalue weighted by molar-refractivity contribution is 9.10. The van der Waals surface area contributed by atoms with Crippen LogP contribution in [0.3, 0.4) is 0 Å². The average molecular weight is 375 g/mol. The number of rotatable bonds is 1. The van der Waals surface area contributed by atoms with Gasteiger partial charge in [-0.2, -0.15) is 0 Å². The summed E-state index contributed by atoms with van der Waals surface area (Å²) >= 11 is 7.14. The van der Waals surface area contributed by atoms with E-state index in [1.807, 2.05) is 30.0 Å². The topological polar surface area (TPSA) is 20.3 Å². The molecule has 1 amide bonds. The molecule has 0 radical (unpaired) electrons. The maximum Gasteiger partial charge on any atom is 0.255 e. The maximum absolute atomic E-state index is 12.5. The Balaban J connectivity index is 2.16. The zero-order chi connectivity index (χ0) is 13.3. The zero-order valence-electron chi connectivity index (χ0n) is 10.6. The first kappa shape index (κ1) is 14.1. The van der Waals surface area contributed by atoms with Crippen molar-refractivity contribution in [1.29, 1.82) is 0 Å². The van der Waals surface area contributed by atoms with Crippen molar-refractivity contribution < 1.29 is 4.79 Å². The summed E-state index contributed by atoms with van der Waals surface area (Å²) in [7, 11) is 0. The van der Waals surface area contributed by atoms with Crippen LogP contribution in [0.25, 0.3) is 0 Å². The number of halogens is 2. The van der Waals surface area contributed by atoms with E-state index in [1.165, 1.54) is 0 Å². The van der Waals surface area contributed by atoms with E-state index in [-0.39, 0.29) is 5.91 Å². The number of hydrogen-bond acceptors (Lipinski definition) is 1. The molecule has 1 fully saturated rings. The van der Waals surface area contributed by atoms with Crippen molar-refractivity contribution in [2.75, 3.05) is 13.1 Å². The molecule has 98 valence electrons. The van der Waals surface area contributed by atoms with Crippen LogP contribution < -0.4 is 0 Å². The molecule has 0 saturated carbocycles. The van der Waals surface area contributed by atoms with Crippen LogP contribution in [0.2, 0.25) is 0 Å². The molecule has 1 aromatic carbocycles. The van der Waals surface area contributed by atoms with Gasteiger partial charge in [-0.05, 0) is 52.9 Å². The Morgan fingerprint density at radius 3 is 2.78 bits per heavy atom. The van der Waals surface area contributed by atoms with E-state index >= 15 is 0 Å². The van der Waals surface area contributed by atoms with Gasteiger partial charge in [0.25, 0.3) is 5.91 Å². The van der Waals surface area contributed by atoms with E-state index in [2.05, 4.69) is 38.8 Å². The third-order valence-electron chi connectivity index (χ3n) is 3.51. The summed E-state index contributed by atoms with van der Waals surface area (Å²) in [5.74, 6) is 0.758. The summed E-state index contributed by atoms with van der Waals surface area (Å²) in [6, 6.07) is 5.88. The smallest absolute Gasteiger partial charge is 0.255 e. The molecule has 2 nitrogen and oxygen atoms in total. The fourth-order valence-electron chi connectivity index (χ4n) is 2.17. The molecule has 1 aliphatic rings. The third kappa shape index (κ3) is 2.97. The molecular weight excluding hydrogens is 358 g/mol. The Morgan fingerprint density at radius 1 is 1.44 bits per heavy atom. The van der Waals surface area contributed by atoms with Crippen LogP contribution in [-0.4, -0.2) is 28.7 Å². The predicted octanol–water partition coefficient (Wildman–Crippen LogP) is 4.00. The van der Waals surface area contributed by atoms with Gasteiger partial charge in [0.05, 0.1) is 5.56 Å². The molecule has 0 aliphatic carbocycles. The molecule has 2 atom stereocenters. The fourth-order valence-corrected chi connectivity index (χ4v) is 3.45. The molecule has 0 bridgehead atoms. The maximum atomic E-state index is 12.5. The number of hydrogen-bond donors (Lipinski definition) is 0. The van der Waals surface area contributed by atoms with E-state index in [0.717, 1.165) is 35.1 Å². The summed E-state index contributed by atoms with van der Waals surface area (Å²) < 4.78 is 0.886. The monoisotopic (exact) mass is 373 g/mol. The lowest BCUT2D eigenvalue weighted by atomic mass is 9.98. The summed E-state index contributed by atoms with van der Waals surface area (Å²) in [4.78, 5) is 14.8. The van der Waals surface area contributed by atoms with Crippen molar-refractivity contribution in [3.8, 4) is 0 Å². The summed E-state index contributed by atoms with van der Waals surface area (Å²) in [5.41, 5.74) is 1.92. The van der Waals surface area contributed by atoms with Crippen LogP contribution in [-0.2, 0) is 0 Å². The molecule has 1 aromatic rings. The molecule has 18 heavy (non-hydrogen) atoms. The van der Waals surface area contributed by atoms with Crippen LogP contribution in [0.1, 0.15) is 29.3 Å². The number of amides is 1. The average Bonchev–Trinajstić information content (AvgIpc) is 2.32. The molecule has 0 N–H and O–H groups in total. The van der Waals surface area contributed by atoms with Gasteiger partial charge < -0.3 is 4.90 Å². The van der Waals surface area contributed by atoms with Crippen LogP contribution in [0.15, 0.2) is 22.7 Å². The van der Waals surface area contributed by atoms with Gasteiger partial charge in [0.2, 0.25) is 0 Å². The standard InChI is InChI=1S/C14H17Br2NO/c1-9-3-4-11(12(15)7-9)14(18)17-6-5-10(2)13(16)8-17/h3-4,7,10,13H,5-6,8H2,1-2H3. The first-order valence-electron chi connectivity index (χ1n) is 6.18. The van der Waals surface area contributed by atoms with Gasteiger partial charge in [-0.15, -0.1) is 0 Å². The van der Waals surface area contributed by atoms with Crippen LogP contribution >= 0.6 is 31.9 Å². The second-order valence-electron chi connectivity index (χ2n) is 5.02. The predicted molar refractivity (Wildman–Crippen MR) is 81.3 cm³/mol. The molecule has 2 rings (SSSR count). The first-order valence-corrected chi connectivity index (χ1v) is 7.89. The highest BCUT2D eigenvalue weighted by atomic mass is 79.9. The second kappa shape index (κ2) is 5.74. The Hall–Kier alpha value is -0.350. The Morgan fingerprint density at radius 2 is 2.17 bits per heavy atom. The summed E-state index contributed by atoms with van der Waals surface area (Å²) in [6.45, 7) is 5.89. The Kier molecular flexibility index (Phi) is 4.49. The molecule has 1 heterocycles.